The highest BCUT2D eigenvalue weighted by atomic mass is 35.5. The average Bonchev–Trinajstić information content (AvgIpc) is 2.47. The Morgan fingerprint density at radius 1 is 1.20 bits per heavy atom. The molecular weight excluding hydrogens is 274 g/mol. The molecule has 0 aliphatic rings. The lowest BCUT2D eigenvalue weighted by molar-refractivity contribution is 0.0785. The van der Waals surface area contributed by atoms with Crippen molar-refractivity contribution < 1.29 is 9.53 Å². The van der Waals surface area contributed by atoms with Gasteiger partial charge in [0.2, 0.25) is 0 Å². The zero-order valence-corrected chi connectivity index (χ0v) is 12.2. The number of nitrogens with zero attached hydrogens (tertiary/aromatic N) is 1. The topological polar surface area (TPSA) is 29.5 Å². The molecule has 0 radical (unpaired) electrons. The maximum atomic E-state index is 12.4. The van der Waals surface area contributed by atoms with Gasteiger partial charge >= 0.3 is 0 Å². The number of carbonyl (C=O) groups excluding carboxylic acids is 1. The maximum absolute atomic E-state index is 12.4. The summed E-state index contributed by atoms with van der Waals surface area (Å²) < 4.78 is 5.08. The highest BCUT2D eigenvalue weighted by molar-refractivity contribution is 6.34. The molecule has 0 spiro atoms. The third-order valence-corrected chi connectivity index (χ3v) is 3.33. The molecule has 0 aliphatic carbocycles. The van der Waals surface area contributed by atoms with Crippen LogP contribution in [0.1, 0.15) is 15.9 Å². The Balaban J connectivity index is 2.14. The van der Waals surface area contributed by atoms with Gasteiger partial charge in [0.15, 0.2) is 0 Å². The van der Waals surface area contributed by atoms with Crippen molar-refractivity contribution in [1.29, 1.82) is 0 Å². The van der Waals surface area contributed by atoms with Crippen LogP contribution in [0.4, 0.5) is 0 Å². The molecule has 104 valence electrons. The first-order valence-corrected chi connectivity index (χ1v) is 6.62. The molecule has 0 aromatic heterocycles. The lowest BCUT2D eigenvalue weighted by Gasteiger charge is -2.18. The van der Waals surface area contributed by atoms with Crippen LogP contribution < -0.4 is 4.74 Å². The van der Waals surface area contributed by atoms with Gasteiger partial charge in [0.05, 0.1) is 17.7 Å². The third kappa shape index (κ3) is 3.31. The minimum atomic E-state index is -0.110. The second-order valence-corrected chi connectivity index (χ2v) is 4.90. The molecule has 20 heavy (non-hydrogen) atoms. The lowest BCUT2D eigenvalue weighted by atomic mass is 10.1. The summed E-state index contributed by atoms with van der Waals surface area (Å²) in [6, 6.07) is 14.9. The van der Waals surface area contributed by atoms with E-state index in [1.54, 1.807) is 37.3 Å². The first-order chi connectivity index (χ1) is 9.61. The molecule has 0 atom stereocenters. The van der Waals surface area contributed by atoms with Crippen LogP contribution in [0.15, 0.2) is 48.5 Å². The Hall–Kier alpha value is -2.00. The predicted molar refractivity (Wildman–Crippen MR) is 80.2 cm³/mol. The van der Waals surface area contributed by atoms with Crippen molar-refractivity contribution in [2.24, 2.45) is 0 Å². The van der Waals surface area contributed by atoms with E-state index in [4.69, 9.17) is 16.3 Å². The smallest absolute Gasteiger partial charge is 0.255 e. The summed E-state index contributed by atoms with van der Waals surface area (Å²) in [6.45, 7) is 0.544. The van der Waals surface area contributed by atoms with E-state index in [0.717, 1.165) is 5.56 Å². The number of rotatable bonds is 4. The fourth-order valence-corrected chi connectivity index (χ4v) is 2.18. The Labute approximate surface area is 123 Å². The van der Waals surface area contributed by atoms with E-state index >= 15 is 0 Å². The molecule has 1 amide bonds. The van der Waals surface area contributed by atoms with Gasteiger partial charge in [0.1, 0.15) is 5.75 Å². The van der Waals surface area contributed by atoms with Gasteiger partial charge in [-0.1, -0.05) is 41.9 Å². The molecule has 0 N–H and O–H groups in total. The van der Waals surface area contributed by atoms with E-state index in [1.165, 1.54) is 0 Å². The van der Waals surface area contributed by atoms with Gasteiger partial charge in [-0.3, -0.25) is 4.79 Å². The van der Waals surface area contributed by atoms with Crippen LogP contribution in [0, 0.1) is 0 Å². The van der Waals surface area contributed by atoms with Crippen molar-refractivity contribution in [3.63, 3.8) is 0 Å². The summed E-state index contributed by atoms with van der Waals surface area (Å²) in [6.07, 6.45) is 0. The highest BCUT2D eigenvalue weighted by Crippen LogP contribution is 2.23. The number of ether oxygens (including phenoxy) is 1. The summed E-state index contributed by atoms with van der Waals surface area (Å²) in [5.41, 5.74) is 1.55. The molecular formula is C16H16ClNO2. The van der Waals surface area contributed by atoms with Crippen LogP contribution in [0.5, 0.6) is 5.75 Å². The summed E-state index contributed by atoms with van der Waals surface area (Å²) in [7, 11) is 3.32. The summed E-state index contributed by atoms with van der Waals surface area (Å²) in [4.78, 5) is 14.0. The number of halogens is 1. The number of carbonyl (C=O) groups is 1. The molecule has 0 heterocycles. The van der Waals surface area contributed by atoms with Gasteiger partial charge in [0, 0.05) is 13.6 Å². The SMILES string of the molecule is COc1ccc(C(=O)N(C)Cc2ccccc2)c(Cl)c1. The summed E-state index contributed by atoms with van der Waals surface area (Å²) in [5, 5.41) is 0.397. The van der Waals surface area contributed by atoms with Crippen molar-refractivity contribution >= 4 is 17.5 Å². The largest absolute Gasteiger partial charge is 0.497 e. The van der Waals surface area contributed by atoms with Gasteiger partial charge < -0.3 is 9.64 Å². The average molecular weight is 290 g/mol. The summed E-state index contributed by atoms with van der Waals surface area (Å²) in [5.74, 6) is 0.527. The van der Waals surface area contributed by atoms with Gasteiger partial charge in [0.25, 0.3) is 5.91 Å². The molecule has 0 aliphatic heterocycles. The molecule has 0 unspecified atom stereocenters. The third-order valence-electron chi connectivity index (χ3n) is 3.02. The second kappa shape index (κ2) is 6.44. The van der Waals surface area contributed by atoms with Gasteiger partial charge in [-0.2, -0.15) is 0 Å². The lowest BCUT2D eigenvalue weighted by Crippen LogP contribution is -2.26. The second-order valence-electron chi connectivity index (χ2n) is 4.49. The first-order valence-electron chi connectivity index (χ1n) is 6.24. The van der Waals surface area contributed by atoms with Crippen LogP contribution in [0.2, 0.25) is 5.02 Å². The Bertz CT molecular complexity index is 599. The van der Waals surface area contributed by atoms with Crippen molar-refractivity contribution in [2.75, 3.05) is 14.2 Å². The summed E-state index contributed by atoms with van der Waals surface area (Å²) >= 11 is 6.12. The van der Waals surface area contributed by atoms with Gasteiger partial charge in [-0.25, -0.2) is 0 Å². The van der Waals surface area contributed by atoms with Crippen molar-refractivity contribution in [2.45, 2.75) is 6.54 Å². The Morgan fingerprint density at radius 2 is 1.90 bits per heavy atom. The van der Waals surface area contributed by atoms with E-state index in [9.17, 15) is 4.79 Å². The molecule has 0 bridgehead atoms. The highest BCUT2D eigenvalue weighted by Gasteiger charge is 2.15. The van der Waals surface area contributed by atoms with Crippen LogP contribution in [-0.4, -0.2) is 25.0 Å². The molecule has 2 aromatic carbocycles. The van der Waals surface area contributed by atoms with Crippen molar-refractivity contribution in [3.8, 4) is 5.75 Å². The normalized spacial score (nSPS) is 10.2. The zero-order chi connectivity index (χ0) is 14.5. The van der Waals surface area contributed by atoms with E-state index in [1.807, 2.05) is 30.3 Å². The van der Waals surface area contributed by atoms with E-state index in [0.29, 0.717) is 22.9 Å². The monoisotopic (exact) mass is 289 g/mol. The minimum Gasteiger partial charge on any atom is -0.497 e. The molecule has 0 saturated heterocycles. The van der Waals surface area contributed by atoms with E-state index in [-0.39, 0.29) is 5.91 Å². The van der Waals surface area contributed by atoms with E-state index in [2.05, 4.69) is 0 Å². The van der Waals surface area contributed by atoms with Crippen LogP contribution in [0.3, 0.4) is 0 Å². The first kappa shape index (κ1) is 14.4. The number of hydrogen-bond donors (Lipinski definition) is 0. The fraction of sp³-hybridized carbons (Fsp3) is 0.188. The van der Waals surface area contributed by atoms with Gasteiger partial charge in [-0.15, -0.1) is 0 Å². The molecule has 0 fully saturated rings. The maximum Gasteiger partial charge on any atom is 0.255 e. The molecule has 2 aromatic rings. The number of methoxy groups -OCH3 is 1. The van der Waals surface area contributed by atoms with E-state index < -0.39 is 0 Å². The molecule has 2 rings (SSSR count). The minimum absolute atomic E-state index is 0.110. The van der Waals surface area contributed by atoms with Gasteiger partial charge in [-0.05, 0) is 23.8 Å². The van der Waals surface area contributed by atoms with Crippen LogP contribution in [-0.2, 0) is 6.54 Å². The molecule has 4 heteroatoms. The quantitative estimate of drug-likeness (QED) is 0.860. The predicted octanol–water partition coefficient (Wildman–Crippen LogP) is 3.62. The van der Waals surface area contributed by atoms with Crippen LogP contribution in [0.25, 0.3) is 0 Å². The molecule has 3 nitrogen and oxygen atoms in total. The Morgan fingerprint density at radius 3 is 2.50 bits per heavy atom. The number of amides is 1. The standard InChI is InChI=1S/C16H16ClNO2/c1-18(11-12-6-4-3-5-7-12)16(19)14-9-8-13(20-2)10-15(14)17/h3-10H,11H2,1-2H3. The number of hydrogen-bond acceptors (Lipinski definition) is 2. The number of benzene rings is 2. The van der Waals surface area contributed by atoms with Crippen molar-refractivity contribution in [3.05, 3.63) is 64.7 Å². The fourth-order valence-electron chi connectivity index (χ4n) is 1.93. The van der Waals surface area contributed by atoms with Crippen LogP contribution >= 0.6 is 11.6 Å². The zero-order valence-electron chi connectivity index (χ0n) is 11.5. The molecule has 0 saturated carbocycles. The van der Waals surface area contributed by atoms with Crippen molar-refractivity contribution in [1.82, 2.24) is 4.90 Å². The Kier molecular flexibility index (Phi) is 4.64.